The van der Waals surface area contributed by atoms with Crippen molar-refractivity contribution in [1.29, 1.82) is 0 Å². The summed E-state index contributed by atoms with van der Waals surface area (Å²) in [5, 5.41) is 0. The zero-order valence-electron chi connectivity index (χ0n) is 11.4. The highest BCUT2D eigenvalue weighted by molar-refractivity contribution is 4.91. The van der Waals surface area contributed by atoms with Crippen molar-refractivity contribution in [2.45, 2.75) is 59.5 Å². The Balaban J connectivity index is 2.68. The van der Waals surface area contributed by atoms with Crippen molar-refractivity contribution >= 4 is 0 Å². The molecular weight excluding hydrogens is 184 g/mol. The zero-order valence-corrected chi connectivity index (χ0v) is 11.4. The summed E-state index contributed by atoms with van der Waals surface area (Å²) in [6.07, 6.45) is 2.61. The van der Waals surface area contributed by atoms with Gasteiger partial charge in [0.05, 0.1) is 6.67 Å². The molecule has 0 saturated carbocycles. The average Bonchev–Trinajstić information content (AvgIpc) is 2.47. The van der Waals surface area contributed by atoms with E-state index in [4.69, 9.17) is 0 Å². The smallest absolute Gasteiger partial charge is 0.0510 e. The molecule has 0 radical (unpaired) electrons. The van der Waals surface area contributed by atoms with Crippen molar-refractivity contribution in [3.63, 3.8) is 0 Å². The summed E-state index contributed by atoms with van der Waals surface area (Å²) in [4.78, 5) is 5.13. The second-order valence-corrected chi connectivity index (χ2v) is 6.21. The van der Waals surface area contributed by atoms with Crippen LogP contribution in [0.2, 0.25) is 0 Å². The highest BCUT2D eigenvalue weighted by Gasteiger charge is 2.38. The maximum absolute atomic E-state index is 2.68. The summed E-state index contributed by atoms with van der Waals surface area (Å²) in [5.41, 5.74) is 0.396. The topological polar surface area (TPSA) is 6.48 Å². The van der Waals surface area contributed by atoms with Gasteiger partial charge in [0.1, 0.15) is 0 Å². The maximum atomic E-state index is 2.68. The fraction of sp³-hybridized carbons (Fsp3) is 1.00. The molecule has 90 valence electrons. The van der Waals surface area contributed by atoms with E-state index in [0.29, 0.717) is 11.5 Å². The van der Waals surface area contributed by atoms with E-state index in [1.807, 2.05) is 0 Å². The highest BCUT2D eigenvalue weighted by Crippen LogP contribution is 2.31. The van der Waals surface area contributed by atoms with Crippen molar-refractivity contribution in [2.24, 2.45) is 5.41 Å². The van der Waals surface area contributed by atoms with Crippen LogP contribution < -0.4 is 0 Å². The first-order valence-corrected chi connectivity index (χ1v) is 6.30. The van der Waals surface area contributed by atoms with E-state index in [1.165, 1.54) is 19.4 Å². The fourth-order valence-corrected chi connectivity index (χ4v) is 2.64. The normalized spacial score (nSPS) is 27.2. The number of rotatable bonds is 3. The molecule has 1 aliphatic heterocycles. The molecule has 0 spiro atoms. The van der Waals surface area contributed by atoms with Gasteiger partial charge in [-0.15, -0.1) is 0 Å². The number of nitrogens with zero attached hydrogens (tertiary/aromatic N) is 2. The van der Waals surface area contributed by atoms with Gasteiger partial charge in [-0.2, -0.15) is 0 Å². The molecule has 0 N–H and O–H groups in total. The summed E-state index contributed by atoms with van der Waals surface area (Å²) < 4.78 is 0. The van der Waals surface area contributed by atoms with E-state index in [1.54, 1.807) is 0 Å². The minimum atomic E-state index is 0.396. The van der Waals surface area contributed by atoms with Crippen molar-refractivity contribution in [1.82, 2.24) is 9.80 Å². The molecule has 0 aromatic heterocycles. The van der Waals surface area contributed by atoms with Crippen LogP contribution in [-0.4, -0.2) is 42.1 Å². The summed E-state index contributed by atoms with van der Waals surface area (Å²) in [6, 6.07) is 1.44. The number of hydrogen-bond acceptors (Lipinski definition) is 2. The Hall–Kier alpha value is -0.0800. The molecule has 1 aliphatic rings. The van der Waals surface area contributed by atoms with E-state index < -0.39 is 0 Å². The fourth-order valence-electron chi connectivity index (χ4n) is 2.64. The number of likely N-dealkylation sites (N-methyl/N-ethyl adjacent to an activating group) is 1. The monoisotopic (exact) mass is 212 g/mol. The lowest BCUT2D eigenvalue weighted by Crippen LogP contribution is -2.45. The van der Waals surface area contributed by atoms with Gasteiger partial charge in [0.2, 0.25) is 0 Å². The summed E-state index contributed by atoms with van der Waals surface area (Å²) in [5.74, 6) is 0. The summed E-state index contributed by atoms with van der Waals surface area (Å²) in [6.45, 7) is 14.1. The molecular formula is C13H28N2. The second-order valence-electron chi connectivity index (χ2n) is 6.21. The molecule has 1 fully saturated rings. The molecule has 1 saturated heterocycles. The van der Waals surface area contributed by atoms with Crippen LogP contribution in [0.5, 0.6) is 0 Å². The lowest BCUT2D eigenvalue weighted by Gasteiger charge is -2.37. The van der Waals surface area contributed by atoms with Crippen LogP contribution in [0, 0.1) is 5.41 Å². The van der Waals surface area contributed by atoms with Gasteiger partial charge in [-0.3, -0.25) is 9.80 Å². The van der Waals surface area contributed by atoms with Gasteiger partial charge < -0.3 is 0 Å². The largest absolute Gasteiger partial charge is 0.292 e. The van der Waals surface area contributed by atoms with Gasteiger partial charge in [-0.25, -0.2) is 0 Å². The van der Waals surface area contributed by atoms with Crippen LogP contribution in [0.4, 0.5) is 0 Å². The van der Waals surface area contributed by atoms with Gasteiger partial charge >= 0.3 is 0 Å². The Bertz CT molecular complexity index is 195. The van der Waals surface area contributed by atoms with Crippen LogP contribution >= 0.6 is 0 Å². The predicted molar refractivity (Wildman–Crippen MR) is 66.9 cm³/mol. The first kappa shape index (κ1) is 13.0. The van der Waals surface area contributed by atoms with E-state index in [2.05, 4.69) is 51.5 Å². The third kappa shape index (κ3) is 3.18. The van der Waals surface area contributed by atoms with Crippen molar-refractivity contribution in [3.8, 4) is 0 Å². The standard InChI is InChI=1S/C13H28N2/c1-7-8-11(2)15-10-14(6)9-12(15)13(3,4)5/h11-12H,7-10H2,1-6H3. The van der Waals surface area contributed by atoms with Crippen molar-refractivity contribution < 1.29 is 0 Å². The minimum absolute atomic E-state index is 0.396. The van der Waals surface area contributed by atoms with Crippen molar-refractivity contribution in [2.75, 3.05) is 20.3 Å². The molecule has 2 atom stereocenters. The van der Waals surface area contributed by atoms with Crippen LogP contribution in [-0.2, 0) is 0 Å². The maximum Gasteiger partial charge on any atom is 0.0510 e. The molecule has 1 rings (SSSR count). The van der Waals surface area contributed by atoms with Gasteiger partial charge in [-0.1, -0.05) is 34.1 Å². The van der Waals surface area contributed by atoms with Gasteiger partial charge in [0.25, 0.3) is 0 Å². The first-order valence-electron chi connectivity index (χ1n) is 6.30. The van der Waals surface area contributed by atoms with E-state index in [-0.39, 0.29) is 0 Å². The SMILES string of the molecule is CCCC(C)N1CN(C)CC1C(C)(C)C. The molecule has 2 heteroatoms. The first-order chi connectivity index (χ1) is 6.86. The molecule has 2 nitrogen and oxygen atoms in total. The Morgan fingerprint density at radius 2 is 1.93 bits per heavy atom. The van der Waals surface area contributed by atoms with Crippen LogP contribution in [0.1, 0.15) is 47.5 Å². The van der Waals surface area contributed by atoms with Gasteiger partial charge in [-0.05, 0) is 25.8 Å². The Morgan fingerprint density at radius 1 is 1.33 bits per heavy atom. The van der Waals surface area contributed by atoms with Crippen molar-refractivity contribution in [3.05, 3.63) is 0 Å². The Morgan fingerprint density at radius 3 is 2.40 bits per heavy atom. The molecule has 15 heavy (non-hydrogen) atoms. The Labute approximate surface area is 95.6 Å². The van der Waals surface area contributed by atoms with Gasteiger partial charge in [0.15, 0.2) is 0 Å². The van der Waals surface area contributed by atoms with Crippen LogP contribution in [0.15, 0.2) is 0 Å². The van der Waals surface area contributed by atoms with E-state index in [0.717, 1.165) is 12.7 Å². The quantitative estimate of drug-likeness (QED) is 0.710. The molecule has 0 amide bonds. The zero-order chi connectivity index (χ0) is 11.6. The predicted octanol–water partition coefficient (Wildman–Crippen LogP) is 2.79. The minimum Gasteiger partial charge on any atom is -0.292 e. The molecule has 0 aliphatic carbocycles. The highest BCUT2D eigenvalue weighted by atomic mass is 15.4. The third-order valence-corrected chi connectivity index (χ3v) is 3.56. The van der Waals surface area contributed by atoms with E-state index >= 15 is 0 Å². The molecule has 2 unspecified atom stereocenters. The van der Waals surface area contributed by atoms with E-state index in [9.17, 15) is 0 Å². The molecule has 0 aromatic rings. The summed E-state index contributed by atoms with van der Waals surface area (Å²) >= 11 is 0. The lowest BCUT2D eigenvalue weighted by molar-refractivity contribution is 0.102. The van der Waals surface area contributed by atoms with Gasteiger partial charge in [0, 0.05) is 18.6 Å². The second kappa shape index (κ2) is 4.84. The molecule has 0 aromatic carbocycles. The molecule has 1 heterocycles. The average molecular weight is 212 g/mol. The lowest BCUT2D eigenvalue weighted by atomic mass is 9.85. The third-order valence-electron chi connectivity index (χ3n) is 3.56. The summed E-state index contributed by atoms with van der Waals surface area (Å²) in [7, 11) is 2.23. The number of hydrogen-bond donors (Lipinski definition) is 0. The molecule has 0 bridgehead atoms. The van der Waals surface area contributed by atoms with Crippen LogP contribution in [0.25, 0.3) is 0 Å². The van der Waals surface area contributed by atoms with Crippen LogP contribution in [0.3, 0.4) is 0 Å². The Kier molecular flexibility index (Phi) is 4.19.